The molecule has 274 valence electrons. The number of nitrogens with zero attached hydrogens (tertiary/aromatic N) is 3. The molecular weight excluding hydrogens is 628 g/mol. The minimum Gasteiger partial charge on any atom is -0.469 e. The summed E-state index contributed by atoms with van der Waals surface area (Å²) >= 11 is 0. The number of imidazole rings is 2. The van der Waals surface area contributed by atoms with Crippen molar-refractivity contribution < 1.29 is 19.1 Å². The van der Waals surface area contributed by atoms with Crippen molar-refractivity contribution in [2.45, 2.75) is 113 Å². The van der Waals surface area contributed by atoms with Crippen LogP contribution in [0.3, 0.4) is 0 Å². The van der Waals surface area contributed by atoms with E-state index in [1.807, 2.05) is 24.2 Å². The van der Waals surface area contributed by atoms with E-state index in [0.717, 1.165) is 78.4 Å². The summed E-state index contributed by atoms with van der Waals surface area (Å²) in [5.74, 6) is 1.82. The van der Waals surface area contributed by atoms with E-state index in [1.54, 1.807) is 6.92 Å². The third-order valence-corrected chi connectivity index (χ3v) is 7.48. The lowest BCUT2D eigenvalue weighted by Crippen LogP contribution is -2.31. The normalized spacial score (nSPS) is 10.7. The Morgan fingerprint density at radius 2 is 1.20 bits per heavy atom. The molecule has 50 heavy (non-hydrogen) atoms. The van der Waals surface area contributed by atoms with Gasteiger partial charge in [-0.05, 0) is 42.0 Å². The number of aromatic amines is 2. The first kappa shape index (κ1) is 43.5. The van der Waals surface area contributed by atoms with Crippen LogP contribution in [0.1, 0.15) is 106 Å². The highest BCUT2D eigenvalue weighted by atomic mass is 16.5. The van der Waals surface area contributed by atoms with E-state index in [4.69, 9.17) is 5.73 Å². The van der Waals surface area contributed by atoms with Gasteiger partial charge in [-0.15, -0.1) is 0 Å². The van der Waals surface area contributed by atoms with Gasteiger partial charge in [-0.1, -0.05) is 109 Å². The molecule has 4 N–H and O–H groups in total. The van der Waals surface area contributed by atoms with Crippen LogP contribution in [0, 0.1) is 0 Å². The van der Waals surface area contributed by atoms with Crippen molar-refractivity contribution in [3.05, 3.63) is 72.6 Å². The molecule has 0 bridgehead atoms. The summed E-state index contributed by atoms with van der Waals surface area (Å²) in [5, 5.41) is 0. The van der Waals surface area contributed by atoms with Crippen molar-refractivity contribution in [2.75, 3.05) is 13.7 Å². The molecule has 0 radical (unpaired) electrons. The molecular formula is C40H60N6O4. The number of carbonyl (C=O) groups excluding carboxylic acids is 3. The van der Waals surface area contributed by atoms with Gasteiger partial charge in [0.1, 0.15) is 17.4 Å². The van der Waals surface area contributed by atoms with Crippen LogP contribution in [0.4, 0.5) is 0 Å². The molecule has 2 aromatic carbocycles. The molecule has 2 heterocycles. The Hall–Kier alpha value is -4.57. The van der Waals surface area contributed by atoms with Gasteiger partial charge in [0, 0.05) is 26.3 Å². The number of ketones is 1. The van der Waals surface area contributed by atoms with Gasteiger partial charge in [-0.2, -0.15) is 0 Å². The number of unbranched alkanes of at least 4 members (excludes halogenated alkanes) is 1. The maximum atomic E-state index is 12.2. The predicted octanol–water partition coefficient (Wildman–Crippen LogP) is 8.53. The molecule has 10 heteroatoms. The highest BCUT2D eigenvalue weighted by molar-refractivity contribution is 5.81. The van der Waals surface area contributed by atoms with Crippen LogP contribution in [-0.4, -0.2) is 62.2 Å². The molecule has 0 aliphatic carbocycles. The Morgan fingerprint density at radius 3 is 1.56 bits per heavy atom. The molecule has 0 fully saturated rings. The summed E-state index contributed by atoms with van der Waals surface area (Å²) < 4.78 is 4.11. The number of carbonyl (C=O) groups is 3. The topological polar surface area (TPSA) is 147 Å². The SMILES string of the molecule is CCC.CCCC[C@@H](N)C(C)=O.CCCN(Cc1ncc(-c2ccc(-c3ccc(-c4cnc(CC)[nH]4)cc3)cc2)[nH]1)C(=O)CC.COC(C)=O. The van der Waals surface area contributed by atoms with E-state index >= 15 is 0 Å². The minimum absolute atomic E-state index is 0.100. The van der Waals surface area contributed by atoms with Gasteiger partial charge in [0.2, 0.25) is 5.91 Å². The summed E-state index contributed by atoms with van der Waals surface area (Å²) in [6.45, 7) is 16.6. The standard InChI is InChI=1S/C27H31N5O.C7H15NO.C3H6O2.C3H8/c1-4-15-32(27(33)6-3)18-26-29-17-24(31-26)22-13-9-20(10-14-22)19-7-11-21(12-8-19)23-16-28-25(5-2)30-23;1-3-4-5-7(8)6(2)9;1-3(4)5-2;1-3-2/h7-14,16-17H,4-6,15,18H2,1-3H3,(H,28,30)(H,29,31);7H,3-5,8H2,1-2H3;1-2H3;3H2,1-2H3/t;7-;;/m.1../s1. The van der Waals surface area contributed by atoms with Crippen molar-refractivity contribution in [2.24, 2.45) is 5.73 Å². The summed E-state index contributed by atoms with van der Waals surface area (Å²) in [6.07, 6.45) is 10.3. The number of nitrogens with one attached hydrogen (secondary N) is 2. The first-order chi connectivity index (χ1) is 24.0. The Labute approximate surface area is 299 Å². The smallest absolute Gasteiger partial charge is 0.302 e. The quantitative estimate of drug-likeness (QED) is 0.119. The van der Waals surface area contributed by atoms with Gasteiger partial charge in [-0.25, -0.2) is 9.97 Å². The Balaban J connectivity index is 0.000000611. The molecule has 4 aromatic rings. The monoisotopic (exact) mass is 688 g/mol. The predicted molar refractivity (Wildman–Crippen MR) is 204 cm³/mol. The highest BCUT2D eigenvalue weighted by Crippen LogP contribution is 2.27. The molecule has 0 saturated carbocycles. The van der Waals surface area contributed by atoms with Crippen molar-refractivity contribution in [1.82, 2.24) is 24.8 Å². The number of aromatic nitrogens is 4. The van der Waals surface area contributed by atoms with Crippen molar-refractivity contribution in [3.8, 4) is 33.6 Å². The first-order valence-electron chi connectivity index (χ1n) is 17.8. The number of benzene rings is 2. The Bertz CT molecular complexity index is 1530. The van der Waals surface area contributed by atoms with Crippen LogP contribution >= 0.6 is 0 Å². The third-order valence-electron chi connectivity index (χ3n) is 7.48. The van der Waals surface area contributed by atoms with Crippen molar-refractivity contribution in [1.29, 1.82) is 0 Å². The fourth-order valence-electron chi connectivity index (χ4n) is 4.56. The number of Topliss-reactive ketones (excluding diaryl/α,β-unsaturated/α-hetero) is 1. The number of amides is 1. The van der Waals surface area contributed by atoms with Crippen LogP contribution < -0.4 is 5.73 Å². The lowest BCUT2D eigenvalue weighted by molar-refractivity contribution is -0.138. The summed E-state index contributed by atoms with van der Waals surface area (Å²) in [7, 11) is 1.35. The summed E-state index contributed by atoms with van der Waals surface area (Å²) in [6, 6.07) is 16.8. The van der Waals surface area contributed by atoms with E-state index in [1.165, 1.54) is 26.0 Å². The molecule has 0 aliphatic rings. The van der Waals surface area contributed by atoms with Crippen LogP contribution in [0.15, 0.2) is 60.9 Å². The van der Waals surface area contributed by atoms with Crippen LogP contribution in [-0.2, 0) is 32.1 Å². The zero-order valence-electron chi connectivity index (χ0n) is 31.8. The van der Waals surface area contributed by atoms with Gasteiger partial charge in [-0.3, -0.25) is 14.4 Å². The molecule has 2 aromatic heterocycles. The number of methoxy groups -OCH3 is 1. The van der Waals surface area contributed by atoms with Crippen LogP contribution in [0.25, 0.3) is 33.6 Å². The highest BCUT2D eigenvalue weighted by Gasteiger charge is 2.14. The van der Waals surface area contributed by atoms with Crippen molar-refractivity contribution >= 4 is 17.7 Å². The van der Waals surface area contributed by atoms with E-state index in [9.17, 15) is 14.4 Å². The number of rotatable bonds is 13. The van der Waals surface area contributed by atoms with Crippen LogP contribution in [0.2, 0.25) is 0 Å². The molecule has 0 aliphatic heterocycles. The fraction of sp³-hybridized carbons (Fsp3) is 0.475. The maximum Gasteiger partial charge on any atom is 0.302 e. The van der Waals surface area contributed by atoms with Crippen molar-refractivity contribution in [3.63, 3.8) is 0 Å². The Kier molecular flexibility index (Phi) is 21.3. The molecule has 4 rings (SSSR count). The number of esters is 1. The average Bonchev–Trinajstić information content (AvgIpc) is 3.81. The molecule has 10 nitrogen and oxygen atoms in total. The second kappa shape index (κ2) is 24.5. The van der Waals surface area contributed by atoms with Gasteiger partial charge in [0.25, 0.3) is 0 Å². The van der Waals surface area contributed by atoms with Gasteiger partial charge >= 0.3 is 5.97 Å². The van der Waals surface area contributed by atoms with Crippen LogP contribution in [0.5, 0.6) is 0 Å². The number of aryl methyl sites for hydroxylation is 1. The van der Waals surface area contributed by atoms with E-state index in [2.05, 4.69) is 108 Å². The first-order valence-corrected chi connectivity index (χ1v) is 17.8. The number of hydrogen-bond acceptors (Lipinski definition) is 7. The number of H-pyrrole nitrogens is 2. The molecule has 0 saturated heterocycles. The van der Waals surface area contributed by atoms with E-state index < -0.39 is 0 Å². The second-order valence-corrected chi connectivity index (χ2v) is 11.9. The lowest BCUT2D eigenvalue weighted by Gasteiger charge is -2.20. The zero-order valence-corrected chi connectivity index (χ0v) is 31.8. The summed E-state index contributed by atoms with van der Waals surface area (Å²) in [5.41, 5.74) is 12.0. The molecule has 0 unspecified atom stereocenters. The largest absolute Gasteiger partial charge is 0.469 e. The second-order valence-electron chi connectivity index (χ2n) is 11.9. The molecule has 1 amide bonds. The zero-order chi connectivity index (χ0) is 37.5. The fourth-order valence-corrected chi connectivity index (χ4v) is 4.56. The van der Waals surface area contributed by atoms with Gasteiger partial charge in [0.05, 0.1) is 43.5 Å². The van der Waals surface area contributed by atoms with Gasteiger partial charge in [0.15, 0.2) is 0 Å². The van der Waals surface area contributed by atoms with E-state index in [-0.39, 0.29) is 23.7 Å². The van der Waals surface area contributed by atoms with Gasteiger partial charge < -0.3 is 25.3 Å². The maximum absolute atomic E-state index is 12.2. The summed E-state index contributed by atoms with van der Waals surface area (Å²) in [4.78, 5) is 49.7. The number of ether oxygens (including phenoxy) is 1. The average molecular weight is 689 g/mol. The molecule has 1 atom stereocenters. The lowest BCUT2D eigenvalue weighted by atomic mass is 10.0. The number of hydrogen-bond donors (Lipinski definition) is 3. The Morgan fingerprint density at radius 1 is 0.760 bits per heavy atom. The van der Waals surface area contributed by atoms with E-state index in [0.29, 0.717) is 13.0 Å². The molecule has 0 spiro atoms. The minimum atomic E-state index is -0.245. The number of nitrogens with two attached hydrogens (primary N) is 1. The third kappa shape index (κ3) is 15.8.